The number of nitrogens with one attached hydrogen (secondary N) is 2. The lowest BCUT2D eigenvalue weighted by Crippen LogP contribution is -2.42. The largest absolute Gasteiger partial charge is 0.493 e. The van der Waals surface area contributed by atoms with Crippen LogP contribution < -0.4 is 15.4 Å². The summed E-state index contributed by atoms with van der Waals surface area (Å²) in [6, 6.07) is 6.93. The maximum atomic E-state index is 13.1. The molecule has 0 aromatic heterocycles. The van der Waals surface area contributed by atoms with Gasteiger partial charge >= 0.3 is 0 Å². The van der Waals surface area contributed by atoms with Crippen LogP contribution in [0.4, 0.5) is 8.78 Å². The van der Waals surface area contributed by atoms with E-state index in [0.29, 0.717) is 13.2 Å². The summed E-state index contributed by atoms with van der Waals surface area (Å²) in [5.41, 5.74) is 1.06. The number of ether oxygens (including phenoxy) is 1. The van der Waals surface area contributed by atoms with E-state index in [9.17, 15) is 13.6 Å². The monoisotopic (exact) mass is 332 g/mol. The molecule has 1 fully saturated rings. The fourth-order valence-electron chi connectivity index (χ4n) is 2.88. The Morgan fingerprint density at radius 1 is 1.41 bits per heavy atom. The van der Waals surface area contributed by atoms with Crippen molar-refractivity contribution in [2.75, 3.05) is 19.7 Å². The normalized spacial score (nSPS) is 25.5. The summed E-state index contributed by atoms with van der Waals surface area (Å²) < 4.78 is 31.7. The summed E-state index contributed by atoms with van der Waals surface area (Å²) in [7, 11) is 0. The SMILES string of the molecule is Cl.O=C(NCC1CCOc2ccccc21)C1CC(F)(F)CN1. The van der Waals surface area contributed by atoms with Gasteiger partial charge in [0.1, 0.15) is 5.75 Å². The molecule has 1 saturated heterocycles. The van der Waals surface area contributed by atoms with Crippen molar-refractivity contribution in [2.24, 2.45) is 0 Å². The molecular formula is C15H19ClF2N2O2. The minimum Gasteiger partial charge on any atom is -0.493 e. The molecule has 1 aromatic carbocycles. The molecule has 2 aliphatic heterocycles. The van der Waals surface area contributed by atoms with Crippen LogP contribution in [0.2, 0.25) is 0 Å². The summed E-state index contributed by atoms with van der Waals surface area (Å²) in [5.74, 6) is -2.13. The average molecular weight is 333 g/mol. The number of hydrogen-bond acceptors (Lipinski definition) is 3. The van der Waals surface area contributed by atoms with Gasteiger partial charge in [-0.1, -0.05) is 18.2 Å². The first-order chi connectivity index (χ1) is 10.1. The van der Waals surface area contributed by atoms with Gasteiger partial charge in [-0.15, -0.1) is 12.4 Å². The molecule has 122 valence electrons. The molecule has 2 N–H and O–H groups in total. The molecule has 0 saturated carbocycles. The highest BCUT2D eigenvalue weighted by molar-refractivity contribution is 5.85. The summed E-state index contributed by atoms with van der Waals surface area (Å²) in [6.45, 7) is 0.630. The van der Waals surface area contributed by atoms with E-state index in [1.54, 1.807) is 0 Å². The fraction of sp³-hybridized carbons (Fsp3) is 0.533. The van der Waals surface area contributed by atoms with Crippen LogP contribution in [-0.2, 0) is 4.79 Å². The van der Waals surface area contributed by atoms with Crippen LogP contribution in [0.25, 0.3) is 0 Å². The van der Waals surface area contributed by atoms with E-state index in [1.807, 2.05) is 24.3 Å². The van der Waals surface area contributed by atoms with E-state index in [-0.39, 0.29) is 24.2 Å². The minimum atomic E-state index is -2.78. The van der Waals surface area contributed by atoms with Crippen molar-refractivity contribution in [3.05, 3.63) is 29.8 Å². The molecule has 2 aliphatic rings. The zero-order chi connectivity index (χ0) is 14.9. The van der Waals surface area contributed by atoms with Crippen LogP contribution in [-0.4, -0.2) is 37.6 Å². The Balaban J connectivity index is 0.00000176. The Morgan fingerprint density at radius 3 is 2.91 bits per heavy atom. The second-order valence-electron chi connectivity index (χ2n) is 5.61. The Morgan fingerprint density at radius 2 is 2.18 bits per heavy atom. The van der Waals surface area contributed by atoms with E-state index in [1.165, 1.54) is 0 Å². The van der Waals surface area contributed by atoms with E-state index in [4.69, 9.17) is 4.74 Å². The number of carbonyl (C=O) groups is 1. The summed E-state index contributed by atoms with van der Waals surface area (Å²) >= 11 is 0. The maximum Gasteiger partial charge on any atom is 0.262 e. The molecule has 22 heavy (non-hydrogen) atoms. The lowest BCUT2D eigenvalue weighted by Gasteiger charge is -2.26. The number of para-hydroxylation sites is 1. The quantitative estimate of drug-likeness (QED) is 0.891. The standard InChI is InChI=1S/C15H18F2N2O2.ClH/c16-15(17)7-12(19-9-15)14(20)18-8-10-5-6-21-13-4-2-1-3-11(10)13;/h1-4,10,12,19H,5-9H2,(H,18,20);1H. The van der Waals surface area contributed by atoms with Gasteiger partial charge in [-0.3, -0.25) is 10.1 Å². The molecule has 2 heterocycles. The van der Waals surface area contributed by atoms with Crippen LogP contribution in [0, 0.1) is 0 Å². The summed E-state index contributed by atoms with van der Waals surface area (Å²) in [4.78, 5) is 11.9. The molecule has 4 nitrogen and oxygen atoms in total. The predicted molar refractivity (Wildman–Crippen MR) is 80.9 cm³/mol. The zero-order valence-electron chi connectivity index (χ0n) is 12.0. The number of carbonyl (C=O) groups excluding carboxylic acids is 1. The number of benzene rings is 1. The first-order valence-electron chi connectivity index (χ1n) is 7.16. The molecule has 2 atom stereocenters. The van der Waals surface area contributed by atoms with Gasteiger partial charge in [-0.25, -0.2) is 8.78 Å². The number of halogens is 3. The van der Waals surface area contributed by atoms with Gasteiger partial charge in [0.05, 0.1) is 19.2 Å². The van der Waals surface area contributed by atoms with Crippen molar-refractivity contribution in [1.29, 1.82) is 0 Å². The van der Waals surface area contributed by atoms with Gasteiger partial charge in [-0.05, 0) is 18.1 Å². The second kappa shape index (κ2) is 6.79. The molecule has 1 aromatic rings. The highest BCUT2D eigenvalue weighted by atomic mass is 35.5. The van der Waals surface area contributed by atoms with Gasteiger partial charge < -0.3 is 10.1 Å². The molecule has 1 amide bonds. The number of hydrogen-bond donors (Lipinski definition) is 2. The van der Waals surface area contributed by atoms with Crippen LogP contribution in [0.15, 0.2) is 24.3 Å². The highest BCUT2D eigenvalue weighted by Gasteiger charge is 2.42. The van der Waals surface area contributed by atoms with Crippen molar-refractivity contribution in [2.45, 2.75) is 30.7 Å². The molecular weight excluding hydrogens is 314 g/mol. The minimum absolute atomic E-state index is 0. The first kappa shape index (κ1) is 17.0. The molecule has 2 unspecified atom stereocenters. The Bertz CT molecular complexity index is 542. The number of amides is 1. The lowest BCUT2D eigenvalue weighted by molar-refractivity contribution is -0.123. The molecule has 7 heteroatoms. The van der Waals surface area contributed by atoms with Crippen molar-refractivity contribution in [3.8, 4) is 5.75 Å². The Labute approximate surface area is 134 Å². The van der Waals surface area contributed by atoms with Gasteiger partial charge in [-0.2, -0.15) is 0 Å². The predicted octanol–water partition coefficient (Wildman–Crippen LogP) is 2.09. The lowest BCUT2D eigenvalue weighted by atomic mass is 9.93. The van der Waals surface area contributed by atoms with E-state index in [0.717, 1.165) is 17.7 Å². The fourth-order valence-corrected chi connectivity index (χ4v) is 2.88. The first-order valence-corrected chi connectivity index (χ1v) is 7.16. The van der Waals surface area contributed by atoms with Crippen molar-refractivity contribution in [1.82, 2.24) is 10.6 Å². The zero-order valence-corrected chi connectivity index (χ0v) is 12.8. The van der Waals surface area contributed by atoms with Gasteiger partial charge in [0.15, 0.2) is 0 Å². The van der Waals surface area contributed by atoms with Crippen LogP contribution >= 0.6 is 12.4 Å². The number of fused-ring (bicyclic) bond motifs is 1. The molecule has 0 bridgehead atoms. The molecule has 3 rings (SSSR count). The van der Waals surface area contributed by atoms with Crippen LogP contribution in [0.3, 0.4) is 0 Å². The molecule has 0 aliphatic carbocycles. The number of rotatable bonds is 3. The van der Waals surface area contributed by atoms with E-state index < -0.39 is 24.9 Å². The second-order valence-corrected chi connectivity index (χ2v) is 5.61. The van der Waals surface area contributed by atoms with Crippen molar-refractivity contribution in [3.63, 3.8) is 0 Å². The summed E-state index contributed by atoms with van der Waals surface area (Å²) in [5, 5.41) is 5.35. The third kappa shape index (κ3) is 3.67. The maximum absolute atomic E-state index is 13.1. The van der Waals surface area contributed by atoms with Gasteiger partial charge in [0.25, 0.3) is 5.92 Å². The Hall–Kier alpha value is -1.40. The van der Waals surface area contributed by atoms with E-state index >= 15 is 0 Å². The van der Waals surface area contributed by atoms with Crippen molar-refractivity contribution >= 4 is 18.3 Å². The topological polar surface area (TPSA) is 50.4 Å². The Kier molecular flexibility index (Phi) is 5.24. The van der Waals surface area contributed by atoms with Gasteiger partial charge in [0, 0.05) is 18.9 Å². The van der Waals surface area contributed by atoms with E-state index in [2.05, 4.69) is 10.6 Å². The summed E-state index contributed by atoms with van der Waals surface area (Å²) in [6.07, 6.45) is 0.384. The third-order valence-electron chi connectivity index (χ3n) is 4.03. The van der Waals surface area contributed by atoms with Crippen molar-refractivity contribution < 1.29 is 18.3 Å². The average Bonchev–Trinajstić information content (AvgIpc) is 2.85. The smallest absolute Gasteiger partial charge is 0.262 e. The highest BCUT2D eigenvalue weighted by Crippen LogP contribution is 2.33. The third-order valence-corrected chi connectivity index (χ3v) is 4.03. The van der Waals surface area contributed by atoms with Gasteiger partial charge in [0.2, 0.25) is 5.91 Å². The molecule has 0 radical (unpaired) electrons. The number of alkyl halides is 2. The van der Waals surface area contributed by atoms with Crippen LogP contribution in [0.5, 0.6) is 5.75 Å². The van der Waals surface area contributed by atoms with Crippen LogP contribution in [0.1, 0.15) is 24.3 Å². The molecule has 0 spiro atoms.